The minimum atomic E-state index is -2.67. The third kappa shape index (κ3) is 5.54. The molecule has 3 N–H and O–H groups in total. The number of piperidine rings is 1. The van der Waals surface area contributed by atoms with E-state index in [0.717, 1.165) is 0 Å². The van der Waals surface area contributed by atoms with E-state index in [0.29, 0.717) is 22.6 Å². The third-order valence-corrected chi connectivity index (χ3v) is 7.12. The molecule has 4 heterocycles. The van der Waals surface area contributed by atoms with Crippen molar-refractivity contribution in [3.8, 4) is 11.3 Å². The second-order valence-electron chi connectivity index (χ2n) is 9.70. The van der Waals surface area contributed by atoms with Crippen molar-refractivity contribution in [1.82, 2.24) is 34.0 Å². The quantitative estimate of drug-likeness (QED) is 0.344. The van der Waals surface area contributed by atoms with E-state index >= 15 is 0 Å². The Labute approximate surface area is 221 Å². The van der Waals surface area contributed by atoms with Crippen molar-refractivity contribution in [1.29, 1.82) is 0 Å². The van der Waals surface area contributed by atoms with Crippen LogP contribution in [0.3, 0.4) is 0 Å². The zero-order valence-electron chi connectivity index (χ0n) is 21.0. The molecule has 1 saturated heterocycles. The summed E-state index contributed by atoms with van der Waals surface area (Å²) in [6.45, 7) is 0.542. The molecule has 1 aliphatic heterocycles. The number of alkyl halides is 2. The summed E-state index contributed by atoms with van der Waals surface area (Å²) in [6, 6.07) is 8.26. The van der Waals surface area contributed by atoms with Crippen molar-refractivity contribution < 1.29 is 18.7 Å². The van der Waals surface area contributed by atoms with Crippen molar-refractivity contribution in [2.45, 2.75) is 50.3 Å². The normalized spacial score (nSPS) is 16.1. The number of carbonyl (C=O) groups is 1. The standard InChI is InChI=1S/C26H28F2N8O3/c27-23(28)19(17-4-2-1-3-5-17)10-22(37)34-8-6-26(39,7-9-34)15-35-16-33-36-20(14-32-24(36)25(35)38)18-12-30-21(11-29)31-13-18/h1-5,12-14,16,19,23,39H,6-11,15,29H2. The van der Waals surface area contributed by atoms with Gasteiger partial charge in [-0.3, -0.25) is 14.2 Å². The second-order valence-corrected chi connectivity index (χ2v) is 9.70. The summed E-state index contributed by atoms with van der Waals surface area (Å²) in [5, 5.41) is 15.5. The number of benzene rings is 1. The molecule has 204 valence electrons. The minimum Gasteiger partial charge on any atom is -0.388 e. The first-order valence-electron chi connectivity index (χ1n) is 12.6. The molecule has 1 amide bonds. The second kappa shape index (κ2) is 10.9. The molecule has 13 heteroatoms. The van der Waals surface area contributed by atoms with Gasteiger partial charge in [-0.15, -0.1) is 0 Å². The Morgan fingerprint density at radius 3 is 2.41 bits per heavy atom. The van der Waals surface area contributed by atoms with Crippen LogP contribution in [0.15, 0.2) is 60.0 Å². The predicted molar refractivity (Wildman–Crippen MR) is 137 cm³/mol. The molecule has 1 atom stereocenters. The maximum atomic E-state index is 13.7. The van der Waals surface area contributed by atoms with Gasteiger partial charge in [0.25, 0.3) is 5.56 Å². The number of hydrogen-bond donors (Lipinski definition) is 2. The summed E-state index contributed by atoms with van der Waals surface area (Å²) in [4.78, 5) is 40.0. The van der Waals surface area contributed by atoms with Gasteiger partial charge >= 0.3 is 0 Å². The number of carbonyl (C=O) groups excluding carboxylic acids is 1. The van der Waals surface area contributed by atoms with Gasteiger partial charge in [0.1, 0.15) is 12.2 Å². The van der Waals surface area contributed by atoms with Crippen LogP contribution in [0.5, 0.6) is 0 Å². The first-order valence-corrected chi connectivity index (χ1v) is 12.6. The van der Waals surface area contributed by atoms with Crippen LogP contribution in [0.2, 0.25) is 0 Å². The molecule has 11 nitrogen and oxygen atoms in total. The number of halogens is 2. The highest BCUT2D eigenvalue weighted by atomic mass is 19.3. The van der Waals surface area contributed by atoms with Gasteiger partial charge in [-0.25, -0.2) is 28.2 Å². The van der Waals surface area contributed by atoms with E-state index in [1.165, 1.54) is 26.5 Å². The van der Waals surface area contributed by atoms with Crippen molar-refractivity contribution in [2.75, 3.05) is 13.1 Å². The molecule has 4 aromatic rings. The lowest BCUT2D eigenvalue weighted by atomic mass is 9.90. The molecule has 1 aromatic carbocycles. The average Bonchev–Trinajstić information content (AvgIpc) is 3.39. The number of aromatic nitrogens is 6. The van der Waals surface area contributed by atoms with Gasteiger partial charge in [0, 0.05) is 37.5 Å². The molecular formula is C26H28F2N8O3. The average molecular weight is 539 g/mol. The number of likely N-dealkylation sites (tertiary alicyclic amines) is 1. The maximum Gasteiger partial charge on any atom is 0.296 e. The number of hydrogen-bond acceptors (Lipinski definition) is 8. The molecule has 3 aromatic heterocycles. The zero-order valence-corrected chi connectivity index (χ0v) is 21.0. The van der Waals surface area contributed by atoms with Gasteiger partial charge in [0.2, 0.25) is 18.0 Å². The van der Waals surface area contributed by atoms with Crippen molar-refractivity contribution in [2.24, 2.45) is 5.73 Å². The topological polar surface area (TPSA) is 145 Å². The molecule has 0 aliphatic carbocycles. The van der Waals surface area contributed by atoms with Crippen molar-refractivity contribution in [3.05, 3.63) is 77.0 Å². The molecule has 1 unspecified atom stereocenters. The molecule has 0 radical (unpaired) electrons. The van der Waals surface area contributed by atoms with Crippen LogP contribution in [0.25, 0.3) is 16.9 Å². The van der Waals surface area contributed by atoms with E-state index in [1.807, 2.05) is 0 Å². The van der Waals surface area contributed by atoms with E-state index in [9.17, 15) is 23.5 Å². The first-order chi connectivity index (χ1) is 18.8. The summed E-state index contributed by atoms with van der Waals surface area (Å²) in [6.07, 6.45) is 3.36. The molecule has 1 aliphatic rings. The molecule has 39 heavy (non-hydrogen) atoms. The van der Waals surface area contributed by atoms with E-state index < -0.39 is 23.5 Å². The number of rotatable bonds is 8. The Bertz CT molecular complexity index is 1500. The molecular weight excluding hydrogens is 510 g/mol. The van der Waals surface area contributed by atoms with Gasteiger partial charge in [0.15, 0.2) is 0 Å². The van der Waals surface area contributed by atoms with Gasteiger partial charge in [0.05, 0.1) is 36.5 Å². The number of imidazole rings is 1. The number of amides is 1. The number of nitrogens with two attached hydrogens (primary N) is 1. The van der Waals surface area contributed by atoms with Gasteiger partial charge in [-0.2, -0.15) is 5.10 Å². The fraction of sp³-hybridized carbons (Fsp3) is 0.385. The number of aliphatic hydroxyl groups is 1. The van der Waals surface area contributed by atoms with Crippen molar-refractivity contribution >= 4 is 11.6 Å². The Morgan fingerprint density at radius 1 is 1.08 bits per heavy atom. The van der Waals surface area contributed by atoms with Gasteiger partial charge in [-0.05, 0) is 18.4 Å². The van der Waals surface area contributed by atoms with E-state index in [4.69, 9.17) is 5.73 Å². The zero-order chi connectivity index (χ0) is 27.6. The van der Waals surface area contributed by atoms with Crippen LogP contribution >= 0.6 is 0 Å². The summed E-state index contributed by atoms with van der Waals surface area (Å²) in [5.74, 6) is -1.10. The fourth-order valence-corrected chi connectivity index (χ4v) is 4.82. The molecule has 0 spiro atoms. The Balaban J connectivity index is 1.25. The highest BCUT2D eigenvalue weighted by Gasteiger charge is 2.36. The van der Waals surface area contributed by atoms with Crippen LogP contribution in [-0.2, 0) is 17.9 Å². The van der Waals surface area contributed by atoms with E-state index in [-0.39, 0.29) is 57.0 Å². The lowest BCUT2D eigenvalue weighted by Crippen LogP contribution is -2.50. The monoisotopic (exact) mass is 538 g/mol. The lowest BCUT2D eigenvalue weighted by Gasteiger charge is -2.38. The minimum absolute atomic E-state index is 0.0441. The largest absolute Gasteiger partial charge is 0.388 e. The Hall–Kier alpha value is -4.10. The number of nitrogens with zero attached hydrogens (tertiary/aromatic N) is 7. The Kier molecular flexibility index (Phi) is 7.44. The Morgan fingerprint density at radius 2 is 1.77 bits per heavy atom. The van der Waals surface area contributed by atoms with Gasteiger partial charge in [-0.1, -0.05) is 30.3 Å². The lowest BCUT2D eigenvalue weighted by molar-refractivity contribution is -0.137. The van der Waals surface area contributed by atoms with Crippen LogP contribution in [0, 0.1) is 0 Å². The predicted octanol–water partition coefficient (Wildman–Crippen LogP) is 1.60. The van der Waals surface area contributed by atoms with Crippen LogP contribution in [0.4, 0.5) is 8.78 Å². The van der Waals surface area contributed by atoms with E-state index in [2.05, 4.69) is 20.1 Å². The number of fused-ring (bicyclic) bond motifs is 1. The van der Waals surface area contributed by atoms with Gasteiger partial charge < -0.3 is 15.7 Å². The van der Waals surface area contributed by atoms with Crippen LogP contribution in [-0.4, -0.2) is 70.2 Å². The third-order valence-electron chi connectivity index (χ3n) is 7.12. The van der Waals surface area contributed by atoms with E-state index in [1.54, 1.807) is 42.7 Å². The highest BCUT2D eigenvalue weighted by Crippen LogP contribution is 2.30. The van der Waals surface area contributed by atoms with Crippen LogP contribution in [0.1, 0.15) is 36.6 Å². The van der Waals surface area contributed by atoms with Crippen LogP contribution < -0.4 is 11.3 Å². The smallest absolute Gasteiger partial charge is 0.296 e. The molecule has 1 fully saturated rings. The summed E-state index contributed by atoms with van der Waals surface area (Å²) in [7, 11) is 0. The highest BCUT2D eigenvalue weighted by molar-refractivity contribution is 5.77. The summed E-state index contributed by atoms with van der Waals surface area (Å²) in [5.41, 5.74) is 5.46. The van der Waals surface area contributed by atoms with Crippen molar-refractivity contribution in [3.63, 3.8) is 0 Å². The summed E-state index contributed by atoms with van der Waals surface area (Å²) >= 11 is 0. The molecule has 0 bridgehead atoms. The molecule has 0 saturated carbocycles. The maximum absolute atomic E-state index is 13.7. The SMILES string of the molecule is NCc1ncc(-c2cnc3c(=O)n(CC4(O)CCN(C(=O)CC(c5ccccc5)C(F)F)CC4)cnn23)cn1. The fourth-order valence-electron chi connectivity index (χ4n) is 4.82. The first kappa shape index (κ1) is 26.5. The molecule has 5 rings (SSSR count). The summed E-state index contributed by atoms with van der Waals surface area (Å²) < 4.78 is 30.1.